The van der Waals surface area contributed by atoms with Gasteiger partial charge in [0.25, 0.3) is 0 Å². The number of carboxylic acids is 2. The average Bonchev–Trinajstić information content (AvgIpc) is 3.68. The quantitative estimate of drug-likeness (QED) is 0.229. The number of nitrogens with one attached hydrogen (secondary N) is 1. The Morgan fingerprint density at radius 2 is 1.62 bits per heavy atom. The van der Waals surface area contributed by atoms with Crippen molar-refractivity contribution in [2.75, 3.05) is 27.0 Å². The van der Waals surface area contributed by atoms with E-state index in [2.05, 4.69) is 12.2 Å². The monoisotopic (exact) mass is 658 g/mol. The first-order chi connectivity index (χ1) is 22.4. The topological polar surface area (TPSA) is 135 Å². The Morgan fingerprint density at radius 3 is 2.21 bits per heavy atom. The van der Waals surface area contributed by atoms with E-state index in [0.29, 0.717) is 23.8 Å². The van der Waals surface area contributed by atoms with Crippen molar-refractivity contribution in [2.24, 2.45) is 5.92 Å². The summed E-state index contributed by atoms with van der Waals surface area (Å²) >= 11 is 0. The molecule has 1 fully saturated rings. The molecule has 0 radical (unpaired) electrons. The van der Waals surface area contributed by atoms with Gasteiger partial charge in [-0.05, 0) is 47.4 Å². The number of fused-ring (bicyclic) bond motifs is 1. The van der Waals surface area contributed by atoms with Gasteiger partial charge in [0.05, 0.1) is 25.6 Å². The molecule has 3 aromatic rings. The molecule has 0 bridgehead atoms. The number of benzene rings is 3. The van der Waals surface area contributed by atoms with Crippen LogP contribution in [0.3, 0.4) is 0 Å². The number of hydrogen-bond donors (Lipinski definition) is 3. The molecule has 0 spiro atoms. The van der Waals surface area contributed by atoms with Crippen molar-refractivity contribution in [2.45, 2.75) is 50.4 Å². The summed E-state index contributed by atoms with van der Waals surface area (Å²) in [5, 5.41) is 20.9. The van der Waals surface area contributed by atoms with Crippen LogP contribution in [0.1, 0.15) is 60.9 Å². The second-order valence-corrected chi connectivity index (χ2v) is 11.2. The highest BCUT2D eigenvalue weighted by atomic mass is 19.4. The third-order valence-corrected chi connectivity index (χ3v) is 8.14. The first-order valence-corrected chi connectivity index (χ1v) is 15.1. The number of likely N-dealkylation sites (tertiary alicyclic amines) is 1. The van der Waals surface area contributed by atoms with Gasteiger partial charge < -0.3 is 29.7 Å². The highest BCUT2D eigenvalue weighted by Crippen LogP contribution is 2.47. The minimum absolute atomic E-state index is 0.0803. The molecular formula is C34H37F3N2O8. The summed E-state index contributed by atoms with van der Waals surface area (Å²) in [5.41, 5.74) is 2.75. The standard InChI is InChI=1S/C32H36N2O6.C2HF3O2/c1-3-4-10-26(21-8-6-5-7-9-21)33-29(35)19-34-18-25(23-13-16-27-28(17-23)40-20-39-27)30(32(36)37)31(34)22-11-14-24(38-2)15-12-22;3-2(4,5)1(6)7/h5-9,11-17,25-26,30-31H,3-4,10,18-20H2,1-2H3,(H,33,35)(H,36,37);(H,6,7)/t25-,26?,30-,31+;/m1./s1. The molecule has 10 nitrogen and oxygen atoms in total. The summed E-state index contributed by atoms with van der Waals surface area (Å²) in [4.78, 5) is 37.3. The average molecular weight is 659 g/mol. The van der Waals surface area contributed by atoms with Crippen LogP contribution in [0.4, 0.5) is 13.2 Å². The fourth-order valence-electron chi connectivity index (χ4n) is 5.91. The van der Waals surface area contributed by atoms with Gasteiger partial charge in [-0.15, -0.1) is 0 Å². The molecule has 1 amide bonds. The van der Waals surface area contributed by atoms with Gasteiger partial charge >= 0.3 is 18.1 Å². The van der Waals surface area contributed by atoms with E-state index < -0.39 is 30.1 Å². The molecule has 2 aliphatic heterocycles. The SMILES string of the molecule is CCCCC(NC(=O)CN1C[C@H](c2ccc3c(c2)OCO3)[C@@H](C(=O)O)[C@@H]1c1ccc(OC)cc1)c1ccccc1.O=C(O)C(F)(F)F. The molecule has 252 valence electrons. The molecule has 0 aliphatic carbocycles. The minimum Gasteiger partial charge on any atom is -0.497 e. The lowest BCUT2D eigenvalue weighted by molar-refractivity contribution is -0.192. The molecule has 1 saturated heterocycles. The normalized spacial score (nSPS) is 19.3. The Morgan fingerprint density at radius 1 is 0.979 bits per heavy atom. The molecule has 5 rings (SSSR count). The first kappa shape index (κ1) is 35.1. The van der Waals surface area contributed by atoms with Crippen LogP contribution in [0, 0.1) is 5.92 Å². The van der Waals surface area contributed by atoms with Gasteiger partial charge in [-0.25, -0.2) is 4.79 Å². The van der Waals surface area contributed by atoms with Crippen molar-refractivity contribution in [3.8, 4) is 17.2 Å². The summed E-state index contributed by atoms with van der Waals surface area (Å²) in [7, 11) is 1.60. The Labute approximate surface area is 270 Å². The lowest BCUT2D eigenvalue weighted by Crippen LogP contribution is -2.39. The highest BCUT2D eigenvalue weighted by molar-refractivity contribution is 5.79. The molecular weight excluding hydrogens is 621 g/mol. The fraction of sp³-hybridized carbons (Fsp3) is 0.382. The number of carboxylic acid groups (broad SMARTS) is 2. The van der Waals surface area contributed by atoms with E-state index in [0.717, 1.165) is 36.0 Å². The Balaban J connectivity index is 0.000000644. The molecule has 1 unspecified atom stereocenters. The Hall–Kier alpha value is -4.78. The maximum Gasteiger partial charge on any atom is 0.490 e. The number of nitrogens with zero attached hydrogens (tertiary/aromatic N) is 1. The molecule has 13 heteroatoms. The zero-order valence-electron chi connectivity index (χ0n) is 25.9. The van der Waals surface area contributed by atoms with Gasteiger partial charge in [-0.3, -0.25) is 14.5 Å². The van der Waals surface area contributed by atoms with Gasteiger partial charge in [0.15, 0.2) is 11.5 Å². The lowest BCUT2D eigenvalue weighted by atomic mass is 9.82. The number of rotatable bonds is 11. The van der Waals surface area contributed by atoms with Gasteiger partial charge in [0.2, 0.25) is 12.7 Å². The number of amides is 1. The third-order valence-electron chi connectivity index (χ3n) is 8.14. The molecule has 3 aromatic carbocycles. The van der Waals surface area contributed by atoms with Crippen molar-refractivity contribution in [1.29, 1.82) is 0 Å². The molecule has 4 atom stereocenters. The zero-order chi connectivity index (χ0) is 34.1. The van der Waals surface area contributed by atoms with Crippen LogP contribution in [0.2, 0.25) is 0 Å². The van der Waals surface area contributed by atoms with E-state index in [1.54, 1.807) is 7.11 Å². The van der Waals surface area contributed by atoms with E-state index in [1.165, 1.54) is 0 Å². The Kier molecular flexibility index (Phi) is 11.7. The van der Waals surface area contributed by atoms with Crippen molar-refractivity contribution in [1.82, 2.24) is 10.2 Å². The molecule has 47 heavy (non-hydrogen) atoms. The van der Waals surface area contributed by atoms with E-state index in [9.17, 15) is 27.9 Å². The number of ether oxygens (including phenoxy) is 3. The third kappa shape index (κ3) is 8.94. The van der Waals surface area contributed by atoms with E-state index in [4.69, 9.17) is 24.1 Å². The van der Waals surface area contributed by atoms with Crippen LogP contribution < -0.4 is 19.5 Å². The molecule has 2 heterocycles. The van der Waals surface area contributed by atoms with E-state index in [-0.39, 0.29) is 31.2 Å². The summed E-state index contributed by atoms with van der Waals surface area (Å²) in [6, 6.07) is 22.4. The van der Waals surface area contributed by atoms with Crippen LogP contribution in [-0.4, -0.2) is 66.1 Å². The van der Waals surface area contributed by atoms with Crippen LogP contribution in [0.5, 0.6) is 17.2 Å². The molecule has 0 aromatic heterocycles. The predicted octanol–water partition coefficient (Wildman–Crippen LogP) is 5.95. The largest absolute Gasteiger partial charge is 0.497 e. The highest BCUT2D eigenvalue weighted by Gasteiger charge is 2.48. The van der Waals surface area contributed by atoms with Crippen molar-refractivity contribution in [3.05, 3.63) is 89.5 Å². The Bertz CT molecular complexity index is 1520. The summed E-state index contributed by atoms with van der Waals surface area (Å²) in [6.45, 7) is 2.77. The van der Waals surface area contributed by atoms with Crippen LogP contribution in [-0.2, 0) is 14.4 Å². The van der Waals surface area contributed by atoms with Gasteiger partial charge in [0, 0.05) is 18.5 Å². The van der Waals surface area contributed by atoms with E-state index >= 15 is 0 Å². The number of aliphatic carboxylic acids is 2. The summed E-state index contributed by atoms with van der Waals surface area (Å²) in [5.74, 6) is -2.96. The van der Waals surface area contributed by atoms with Crippen LogP contribution in [0.15, 0.2) is 72.8 Å². The molecule has 3 N–H and O–H groups in total. The number of halogens is 3. The van der Waals surface area contributed by atoms with Crippen LogP contribution >= 0.6 is 0 Å². The van der Waals surface area contributed by atoms with Crippen molar-refractivity contribution >= 4 is 17.8 Å². The number of hydrogen-bond acceptors (Lipinski definition) is 7. The van der Waals surface area contributed by atoms with Gasteiger partial charge in [-0.1, -0.05) is 68.3 Å². The van der Waals surface area contributed by atoms with Crippen LogP contribution in [0.25, 0.3) is 0 Å². The maximum atomic E-state index is 13.5. The zero-order valence-corrected chi connectivity index (χ0v) is 25.9. The minimum atomic E-state index is -5.08. The molecule has 0 saturated carbocycles. The lowest BCUT2D eigenvalue weighted by Gasteiger charge is -2.28. The van der Waals surface area contributed by atoms with E-state index in [1.807, 2.05) is 77.7 Å². The first-order valence-electron chi connectivity index (χ1n) is 15.1. The number of carbonyl (C=O) groups is 3. The number of carbonyl (C=O) groups excluding carboxylic acids is 1. The number of alkyl halides is 3. The van der Waals surface area contributed by atoms with Crippen molar-refractivity contribution in [3.63, 3.8) is 0 Å². The van der Waals surface area contributed by atoms with Gasteiger partial charge in [0.1, 0.15) is 5.75 Å². The smallest absolute Gasteiger partial charge is 0.490 e. The van der Waals surface area contributed by atoms with Gasteiger partial charge in [-0.2, -0.15) is 13.2 Å². The fourth-order valence-corrected chi connectivity index (χ4v) is 5.91. The maximum absolute atomic E-state index is 13.5. The second-order valence-electron chi connectivity index (χ2n) is 11.2. The number of unbranched alkanes of at least 4 members (excludes halogenated alkanes) is 1. The summed E-state index contributed by atoms with van der Waals surface area (Å²) < 4.78 is 48.1. The molecule has 2 aliphatic rings. The number of methoxy groups -OCH3 is 1. The second kappa shape index (κ2) is 15.7. The summed E-state index contributed by atoms with van der Waals surface area (Å²) in [6.07, 6.45) is -2.22. The van der Waals surface area contributed by atoms with Crippen molar-refractivity contribution < 1.29 is 52.0 Å². The predicted molar refractivity (Wildman–Crippen MR) is 164 cm³/mol.